The number of hydrogen-bond donors (Lipinski definition) is 1. The lowest BCUT2D eigenvalue weighted by Gasteiger charge is -2.20. The quantitative estimate of drug-likeness (QED) is 0.914. The van der Waals surface area contributed by atoms with E-state index in [1.807, 2.05) is 37.4 Å². The maximum absolute atomic E-state index is 5.98. The molecular formula is C14H16ClN3. The standard InChI is InChI=1S/C14H16ClN3/c1-16-14-9-13(6-7-17-14)18(2)10-11-4-3-5-12(15)8-11/h3-9H,10H2,1-2H3,(H,16,17). The van der Waals surface area contributed by atoms with Crippen LogP contribution in [0.2, 0.25) is 5.02 Å². The molecule has 3 nitrogen and oxygen atoms in total. The molecule has 0 unspecified atom stereocenters. The number of nitrogens with one attached hydrogen (secondary N) is 1. The van der Waals surface area contributed by atoms with Gasteiger partial charge in [-0.15, -0.1) is 0 Å². The van der Waals surface area contributed by atoms with Crippen LogP contribution in [0.5, 0.6) is 0 Å². The second kappa shape index (κ2) is 5.74. The Hall–Kier alpha value is -1.74. The van der Waals surface area contributed by atoms with Crippen LogP contribution < -0.4 is 10.2 Å². The van der Waals surface area contributed by atoms with E-state index in [0.29, 0.717) is 0 Å². The topological polar surface area (TPSA) is 28.2 Å². The summed E-state index contributed by atoms with van der Waals surface area (Å²) in [5.41, 5.74) is 2.31. The average molecular weight is 262 g/mol. The van der Waals surface area contributed by atoms with Crippen LogP contribution in [0.1, 0.15) is 5.56 Å². The molecule has 0 aliphatic rings. The van der Waals surface area contributed by atoms with E-state index < -0.39 is 0 Å². The summed E-state index contributed by atoms with van der Waals surface area (Å²) in [6.45, 7) is 0.813. The van der Waals surface area contributed by atoms with Gasteiger partial charge in [-0.1, -0.05) is 23.7 Å². The molecular weight excluding hydrogens is 246 g/mol. The summed E-state index contributed by atoms with van der Waals surface area (Å²) in [6.07, 6.45) is 1.80. The lowest BCUT2D eigenvalue weighted by molar-refractivity contribution is 0.921. The van der Waals surface area contributed by atoms with Gasteiger partial charge < -0.3 is 10.2 Å². The van der Waals surface area contributed by atoms with Crippen LogP contribution in [-0.2, 0) is 6.54 Å². The molecule has 0 aliphatic heterocycles. The van der Waals surface area contributed by atoms with Crippen LogP contribution in [-0.4, -0.2) is 19.1 Å². The Morgan fingerprint density at radius 2 is 2.11 bits per heavy atom. The van der Waals surface area contributed by atoms with Crippen LogP contribution in [0.4, 0.5) is 11.5 Å². The van der Waals surface area contributed by atoms with Crippen molar-refractivity contribution in [3.63, 3.8) is 0 Å². The largest absolute Gasteiger partial charge is 0.373 e. The number of halogens is 1. The Bertz CT molecular complexity index is 528. The van der Waals surface area contributed by atoms with E-state index in [1.54, 1.807) is 6.20 Å². The van der Waals surface area contributed by atoms with Crippen molar-refractivity contribution >= 4 is 23.1 Å². The molecule has 0 radical (unpaired) electrons. The van der Waals surface area contributed by atoms with Crippen molar-refractivity contribution in [2.75, 3.05) is 24.3 Å². The molecule has 0 fully saturated rings. The van der Waals surface area contributed by atoms with E-state index in [0.717, 1.165) is 23.1 Å². The summed E-state index contributed by atoms with van der Waals surface area (Å²) in [7, 11) is 3.92. The highest BCUT2D eigenvalue weighted by molar-refractivity contribution is 6.30. The van der Waals surface area contributed by atoms with Crippen molar-refractivity contribution in [3.8, 4) is 0 Å². The fourth-order valence-electron chi connectivity index (χ4n) is 1.79. The van der Waals surface area contributed by atoms with Crippen molar-refractivity contribution < 1.29 is 0 Å². The molecule has 0 atom stereocenters. The monoisotopic (exact) mass is 261 g/mol. The highest BCUT2D eigenvalue weighted by Gasteiger charge is 2.03. The molecule has 1 aromatic carbocycles. The average Bonchev–Trinajstić information content (AvgIpc) is 2.39. The summed E-state index contributed by atoms with van der Waals surface area (Å²) in [5.74, 6) is 0.866. The first-order chi connectivity index (χ1) is 8.69. The van der Waals surface area contributed by atoms with Gasteiger partial charge in [0.2, 0.25) is 0 Å². The van der Waals surface area contributed by atoms with Gasteiger partial charge in [0, 0.05) is 43.6 Å². The number of nitrogens with zero attached hydrogens (tertiary/aromatic N) is 2. The summed E-state index contributed by atoms with van der Waals surface area (Å²) < 4.78 is 0. The first-order valence-corrected chi connectivity index (χ1v) is 6.16. The zero-order chi connectivity index (χ0) is 13.0. The summed E-state index contributed by atoms with van der Waals surface area (Å²) in [5, 5.41) is 3.81. The molecule has 0 saturated heterocycles. The Labute approximate surface area is 112 Å². The Morgan fingerprint density at radius 3 is 2.83 bits per heavy atom. The van der Waals surface area contributed by atoms with Crippen LogP contribution >= 0.6 is 11.6 Å². The van der Waals surface area contributed by atoms with Gasteiger partial charge in [0.25, 0.3) is 0 Å². The minimum Gasteiger partial charge on any atom is -0.373 e. The van der Waals surface area contributed by atoms with Gasteiger partial charge in [-0.2, -0.15) is 0 Å². The van der Waals surface area contributed by atoms with Crippen molar-refractivity contribution in [2.45, 2.75) is 6.54 Å². The Balaban J connectivity index is 2.13. The second-order valence-corrected chi connectivity index (χ2v) is 4.57. The maximum atomic E-state index is 5.98. The van der Waals surface area contributed by atoms with Gasteiger partial charge in [-0.3, -0.25) is 0 Å². The molecule has 4 heteroatoms. The lowest BCUT2D eigenvalue weighted by Crippen LogP contribution is -2.16. The van der Waals surface area contributed by atoms with E-state index in [1.165, 1.54) is 5.56 Å². The number of pyridine rings is 1. The molecule has 2 aromatic rings. The van der Waals surface area contributed by atoms with Crippen molar-refractivity contribution in [1.29, 1.82) is 0 Å². The van der Waals surface area contributed by atoms with Crippen LogP contribution in [0.3, 0.4) is 0 Å². The highest BCUT2D eigenvalue weighted by Crippen LogP contribution is 2.19. The fourth-order valence-corrected chi connectivity index (χ4v) is 2.01. The Morgan fingerprint density at radius 1 is 1.28 bits per heavy atom. The van der Waals surface area contributed by atoms with Crippen molar-refractivity contribution in [3.05, 3.63) is 53.2 Å². The first kappa shape index (κ1) is 12.7. The van der Waals surface area contributed by atoms with E-state index >= 15 is 0 Å². The second-order valence-electron chi connectivity index (χ2n) is 4.14. The SMILES string of the molecule is CNc1cc(N(C)Cc2cccc(Cl)c2)ccn1. The number of hydrogen-bond acceptors (Lipinski definition) is 3. The minimum atomic E-state index is 0.770. The van der Waals surface area contributed by atoms with Gasteiger partial charge in [-0.25, -0.2) is 4.98 Å². The van der Waals surface area contributed by atoms with Gasteiger partial charge in [0.15, 0.2) is 0 Å². The third kappa shape index (κ3) is 3.14. The number of benzene rings is 1. The summed E-state index contributed by atoms with van der Waals surface area (Å²) in [6, 6.07) is 11.9. The van der Waals surface area contributed by atoms with Crippen molar-refractivity contribution in [2.24, 2.45) is 0 Å². The predicted molar refractivity (Wildman–Crippen MR) is 77.3 cm³/mol. The zero-order valence-corrected chi connectivity index (χ0v) is 11.3. The lowest BCUT2D eigenvalue weighted by atomic mass is 10.2. The van der Waals surface area contributed by atoms with Crippen molar-refractivity contribution in [1.82, 2.24) is 4.98 Å². The molecule has 1 heterocycles. The minimum absolute atomic E-state index is 0.770. The fraction of sp³-hybridized carbons (Fsp3) is 0.214. The van der Waals surface area contributed by atoms with E-state index in [2.05, 4.69) is 28.3 Å². The van der Waals surface area contributed by atoms with E-state index in [4.69, 9.17) is 11.6 Å². The van der Waals surface area contributed by atoms with Crippen LogP contribution in [0, 0.1) is 0 Å². The smallest absolute Gasteiger partial charge is 0.127 e. The van der Waals surface area contributed by atoms with Gasteiger partial charge in [0.1, 0.15) is 5.82 Å². The summed E-state index contributed by atoms with van der Waals surface area (Å²) >= 11 is 5.98. The number of aromatic nitrogens is 1. The molecule has 0 spiro atoms. The molecule has 0 amide bonds. The molecule has 94 valence electrons. The zero-order valence-electron chi connectivity index (χ0n) is 10.5. The molecule has 18 heavy (non-hydrogen) atoms. The van der Waals surface area contributed by atoms with E-state index in [9.17, 15) is 0 Å². The molecule has 2 rings (SSSR count). The molecule has 1 aromatic heterocycles. The molecule has 0 aliphatic carbocycles. The predicted octanol–water partition coefficient (Wildman–Crippen LogP) is 3.41. The van der Waals surface area contributed by atoms with Crippen LogP contribution in [0.25, 0.3) is 0 Å². The normalized spacial score (nSPS) is 10.2. The molecule has 0 saturated carbocycles. The maximum Gasteiger partial charge on any atom is 0.127 e. The van der Waals surface area contributed by atoms with Crippen LogP contribution in [0.15, 0.2) is 42.6 Å². The van der Waals surface area contributed by atoms with Gasteiger partial charge >= 0.3 is 0 Å². The highest BCUT2D eigenvalue weighted by atomic mass is 35.5. The number of rotatable bonds is 4. The Kier molecular flexibility index (Phi) is 4.05. The van der Waals surface area contributed by atoms with Gasteiger partial charge in [-0.05, 0) is 23.8 Å². The third-order valence-electron chi connectivity index (χ3n) is 2.75. The number of anilines is 2. The first-order valence-electron chi connectivity index (χ1n) is 5.78. The summed E-state index contributed by atoms with van der Waals surface area (Å²) in [4.78, 5) is 6.36. The molecule has 0 bridgehead atoms. The van der Waals surface area contributed by atoms with Gasteiger partial charge in [0.05, 0.1) is 0 Å². The third-order valence-corrected chi connectivity index (χ3v) is 2.98. The molecule has 1 N–H and O–H groups in total. The van der Waals surface area contributed by atoms with E-state index in [-0.39, 0.29) is 0 Å².